The van der Waals surface area contributed by atoms with Gasteiger partial charge in [-0.25, -0.2) is 4.39 Å². The number of likely N-dealkylation sites (tertiary alicyclic amines) is 1. The van der Waals surface area contributed by atoms with Gasteiger partial charge in [0.2, 0.25) is 0 Å². The third-order valence-corrected chi connectivity index (χ3v) is 5.23. The maximum Gasteiger partial charge on any atom is 0.296 e. The molecule has 1 N–H and O–H groups in total. The molecule has 6 nitrogen and oxygen atoms in total. The second kappa shape index (κ2) is 8.10. The number of nitrogens with zero attached hydrogens (tertiary/aromatic N) is 1. The van der Waals surface area contributed by atoms with E-state index in [0.717, 1.165) is 5.56 Å². The second-order valence-electron chi connectivity index (χ2n) is 7.27. The number of aryl methyl sites for hydroxylation is 1. The van der Waals surface area contributed by atoms with Gasteiger partial charge < -0.3 is 19.2 Å². The summed E-state index contributed by atoms with van der Waals surface area (Å²) in [5.74, 6) is -1.66. The highest BCUT2D eigenvalue weighted by atomic mass is 19.1. The van der Waals surface area contributed by atoms with Gasteiger partial charge in [0.15, 0.2) is 0 Å². The fourth-order valence-electron chi connectivity index (χ4n) is 3.72. The van der Waals surface area contributed by atoms with Crippen molar-refractivity contribution >= 4 is 17.4 Å². The molecule has 0 bridgehead atoms. The monoisotopic (exact) mass is 421 g/mol. The van der Waals surface area contributed by atoms with Crippen molar-refractivity contribution in [1.29, 1.82) is 0 Å². The molecule has 1 aromatic heterocycles. The molecule has 1 saturated heterocycles. The van der Waals surface area contributed by atoms with E-state index in [9.17, 15) is 19.1 Å². The van der Waals surface area contributed by atoms with Crippen molar-refractivity contribution in [2.45, 2.75) is 19.5 Å². The van der Waals surface area contributed by atoms with Gasteiger partial charge in [-0.2, -0.15) is 0 Å². The fourth-order valence-corrected chi connectivity index (χ4v) is 3.72. The Morgan fingerprint density at radius 3 is 2.55 bits per heavy atom. The first-order valence-electron chi connectivity index (χ1n) is 9.62. The number of carbonyl (C=O) groups excluding carboxylic acids is 2. The van der Waals surface area contributed by atoms with Crippen molar-refractivity contribution < 1.29 is 28.2 Å². The quantitative estimate of drug-likeness (QED) is 0.376. The summed E-state index contributed by atoms with van der Waals surface area (Å²) in [7, 11) is 1.46. The van der Waals surface area contributed by atoms with Crippen LogP contribution >= 0.6 is 0 Å². The number of ketones is 1. The van der Waals surface area contributed by atoms with Crippen molar-refractivity contribution in [3.05, 3.63) is 94.7 Å². The number of methoxy groups -OCH3 is 1. The minimum atomic E-state index is -0.940. The SMILES string of the molecule is COc1ccc(C)cc1/C(O)=C1/C(=O)C(=O)N(Cc2ccc(F)cc2)C1c1ccco1. The van der Waals surface area contributed by atoms with Crippen LogP contribution in [0.1, 0.15) is 28.5 Å². The number of amides is 1. The molecular formula is C24H20FNO5. The molecule has 0 aliphatic carbocycles. The van der Waals surface area contributed by atoms with Crippen LogP contribution in [0.2, 0.25) is 0 Å². The van der Waals surface area contributed by atoms with Gasteiger partial charge in [0.05, 0.1) is 24.5 Å². The summed E-state index contributed by atoms with van der Waals surface area (Å²) < 4.78 is 24.2. The lowest BCUT2D eigenvalue weighted by molar-refractivity contribution is -0.140. The van der Waals surface area contributed by atoms with Crippen LogP contribution in [0.3, 0.4) is 0 Å². The number of hydrogen-bond acceptors (Lipinski definition) is 5. The number of carbonyl (C=O) groups is 2. The minimum absolute atomic E-state index is 0.0396. The number of halogens is 1. The Morgan fingerprint density at radius 1 is 1.16 bits per heavy atom. The first kappa shape index (κ1) is 20.4. The summed E-state index contributed by atoms with van der Waals surface area (Å²) in [6.07, 6.45) is 1.43. The first-order chi connectivity index (χ1) is 14.9. The third kappa shape index (κ3) is 3.70. The molecule has 1 fully saturated rings. The second-order valence-corrected chi connectivity index (χ2v) is 7.27. The topological polar surface area (TPSA) is 80.0 Å². The van der Waals surface area contributed by atoms with Gasteiger partial charge in [0.25, 0.3) is 11.7 Å². The molecule has 158 valence electrons. The molecule has 4 rings (SSSR count). The Labute approximate surface area is 178 Å². The third-order valence-electron chi connectivity index (χ3n) is 5.23. The average Bonchev–Trinajstić information content (AvgIpc) is 3.37. The van der Waals surface area contributed by atoms with Crippen LogP contribution in [-0.4, -0.2) is 28.8 Å². The van der Waals surface area contributed by atoms with E-state index in [2.05, 4.69) is 0 Å². The standard InChI is InChI=1S/C24H20FNO5/c1-14-5-10-18(30-2)17(12-14)22(27)20-21(19-4-3-11-31-19)26(24(29)23(20)28)13-15-6-8-16(25)9-7-15/h3-12,21,27H,13H2,1-2H3/b22-20-. The zero-order valence-corrected chi connectivity index (χ0v) is 17.0. The number of benzene rings is 2. The van der Waals surface area contributed by atoms with Gasteiger partial charge in [-0.05, 0) is 48.9 Å². The summed E-state index contributed by atoms with van der Waals surface area (Å²) in [6, 6.07) is 13.2. The molecule has 7 heteroatoms. The van der Waals surface area contributed by atoms with Gasteiger partial charge in [-0.15, -0.1) is 0 Å². The first-order valence-corrected chi connectivity index (χ1v) is 9.62. The van der Waals surface area contributed by atoms with E-state index in [4.69, 9.17) is 9.15 Å². The van der Waals surface area contributed by atoms with Gasteiger partial charge >= 0.3 is 0 Å². The number of ether oxygens (including phenoxy) is 1. The van der Waals surface area contributed by atoms with Gasteiger partial charge in [-0.3, -0.25) is 9.59 Å². The molecule has 1 aliphatic rings. The maximum absolute atomic E-state index is 13.3. The summed E-state index contributed by atoms with van der Waals surface area (Å²) in [5, 5.41) is 11.1. The van der Waals surface area contributed by atoms with Crippen molar-refractivity contribution in [3.8, 4) is 5.75 Å². The van der Waals surface area contributed by atoms with E-state index in [-0.39, 0.29) is 17.9 Å². The molecule has 0 spiro atoms. The molecule has 0 saturated carbocycles. The summed E-state index contributed by atoms with van der Waals surface area (Å²) in [6.45, 7) is 1.88. The normalized spacial score (nSPS) is 17.9. The van der Waals surface area contributed by atoms with Crippen LogP contribution in [-0.2, 0) is 16.1 Å². The van der Waals surface area contributed by atoms with Crippen LogP contribution < -0.4 is 4.74 Å². The molecule has 0 radical (unpaired) electrons. The lowest BCUT2D eigenvalue weighted by atomic mass is 9.97. The highest BCUT2D eigenvalue weighted by molar-refractivity contribution is 6.46. The number of aliphatic hydroxyl groups excluding tert-OH is 1. The van der Waals surface area contributed by atoms with Gasteiger partial charge in [-0.1, -0.05) is 23.8 Å². The smallest absolute Gasteiger partial charge is 0.296 e. The molecule has 3 aromatic rings. The number of furan rings is 1. The number of Topliss-reactive ketones (excluding diaryl/α,β-unsaturated/α-hetero) is 1. The van der Waals surface area contributed by atoms with Crippen molar-refractivity contribution in [2.75, 3.05) is 7.11 Å². The number of rotatable bonds is 5. The Morgan fingerprint density at radius 2 is 1.90 bits per heavy atom. The Balaban J connectivity index is 1.86. The summed E-state index contributed by atoms with van der Waals surface area (Å²) in [4.78, 5) is 27.3. The predicted octanol–water partition coefficient (Wildman–Crippen LogP) is 4.36. The van der Waals surface area contributed by atoms with E-state index in [1.807, 2.05) is 13.0 Å². The molecule has 2 aromatic carbocycles. The van der Waals surface area contributed by atoms with E-state index in [0.29, 0.717) is 22.6 Å². The zero-order valence-electron chi connectivity index (χ0n) is 17.0. The van der Waals surface area contributed by atoms with Crippen LogP contribution in [0, 0.1) is 12.7 Å². The van der Waals surface area contributed by atoms with Crippen molar-refractivity contribution in [2.24, 2.45) is 0 Å². The van der Waals surface area contributed by atoms with Crippen LogP contribution in [0.4, 0.5) is 4.39 Å². The zero-order chi connectivity index (χ0) is 22.1. The van der Waals surface area contributed by atoms with E-state index in [1.54, 1.807) is 24.3 Å². The Kier molecular flexibility index (Phi) is 5.33. The molecule has 1 amide bonds. The maximum atomic E-state index is 13.3. The van der Waals surface area contributed by atoms with Crippen LogP contribution in [0.15, 0.2) is 70.9 Å². The van der Waals surface area contributed by atoms with Crippen LogP contribution in [0.5, 0.6) is 5.75 Å². The summed E-state index contributed by atoms with van der Waals surface area (Å²) in [5.41, 5.74) is 1.69. The van der Waals surface area contributed by atoms with E-state index >= 15 is 0 Å². The molecular weight excluding hydrogens is 401 g/mol. The lowest BCUT2D eigenvalue weighted by Crippen LogP contribution is -2.29. The van der Waals surface area contributed by atoms with E-state index in [1.165, 1.54) is 42.5 Å². The van der Waals surface area contributed by atoms with Crippen LogP contribution in [0.25, 0.3) is 5.76 Å². The minimum Gasteiger partial charge on any atom is -0.507 e. The molecule has 1 aliphatic heterocycles. The highest BCUT2D eigenvalue weighted by Gasteiger charge is 2.47. The fraction of sp³-hybridized carbons (Fsp3) is 0.167. The van der Waals surface area contributed by atoms with Crippen molar-refractivity contribution in [3.63, 3.8) is 0 Å². The predicted molar refractivity (Wildman–Crippen MR) is 111 cm³/mol. The Bertz CT molecular complexity index is 1170. The molecule has 1 atom stereocenters. The molecule has 1 unspecified atom stereocenters. The molecule has 31 heavy (non-hydrogen) atoms. The average molecular weight is 421 g/mol. The summed E-state index contributed by atoms with van der Waals surface area (Å²) >= 11 is 0. The van der Waals surface area contributed by atoms with Crippen molar-refractivity contribution in [1.82, 2.24) is 4.90 Å². The Hall–Kier alpha value is -3.87. The highest BCUT2D eigenvalue weighted by Crippen LogP contribution is 2.41. The van der Waals surface area contributed by atoms with Gasteiger partial charge in [0.1, 0.15) is 29.1 Å². The van der Waals surface area contributed by atoms with Gasteiger partial charge in [0, 0.05) is 6.54 Å². The largest absolute Gasteiger partial charge is 0.507 e. The molecule has 2 heterocycles. The van der Waals surface area contributed by atoms with E-state index < -0.39 is 23.5 Å². The lowest BCUT2D eigenvalue weighted by Gasteiger charge is -2.23. The number of aliphatic hydroxyl groups is 1. The number of hydrogen-bond donors (Lipinski definition) is 1.